The molecule has 2 aromatic heterocycles. The van der Waals surface area contributed by atoms with Gasteiger partial charge in [0.2, 0.25) is 0 Å². The zero-order chi connectivity index (χ0) is 34.5. The SMILES string of the molecule is COCCN1CCN(C(C)(C)C=C(C#N)C(=O)N2CCC[C@H](n3nc(-c4ccc(Oc5ccccc5)cc4F)c4c(N)ncnc43)C2)CC1. The van der Waals surface area contributed by atoms with Gasteiger partial charge < -0.3 is 20.1 Å². The van der Waals surface area contributed by atoms with E-state index in [1.807, 2.05) is 32.0 Å². The van der Waals surface area contributed by atoms with Crippen molar-refractivity contribution in [1.82, 2.24) is 34.4 Å². The maximum atomic E-state index is 15.7. The first-order valence-electron chi connectivity index (χ1n) is 16.6. The van der Waals surface area contributed by atoms with E-state index in [2.05, 4.69) is 25.8 Å². The normalized spacial score (nSPS) is 18.1. The van der Waals surface area contributed by atoms with Crippen LogP contribution in [-0.2, 0) is 9.53 Å². The van der Waals surface area contributed by atoms with E-state index in [1.165, 1.54) is 12.4 Å². The third kappa shape index (κ3) is 7.41. The number of piperazine rings is 1. The fraction of sp³-hybridized carbons (Fsp3) is 0.417. The lowest BCUT2D eigenvalue weighted by atomic mass is 9.96. The number of halogens is 1. The summed E-state index contributed by atoms with van der Waals surface area (Å²) in [5, 5.41) is 15.4. The molecule has 2 aliphatic rings. The molecule has 0 aliphatic carbocycles. The van der Waals surface area contributed by atoms with Crippen molar-refractivity contribution in [2.45, 2.75) is 38.3 Å². The number of carbonyl (C=O) groups excluding carboxylic acids is 1. The Labute approximate surface area is 285 Å². The van der Waals surface area contributed by atoms with Gasteiger partial charge in [-0.05, 0) is 57.0 Å². The molecular weight excluding hydrogens is 625 g/mol. The second-order valence-corrected chi connectivity index (χ2v) is 13.0. The molecule has 256 valence electrons. The van der Waals surface area contributed by atoms with E-state index in [1.54, 1.807) is 47.0 Å². The van der Waals surface area contributed by atoms with E-state index in [0.717, 1.165) is 32.7 Å². The number of anilines is 1. The van der Waals surface area contributed by atoms with Crippen molar-refractivity contribution >= 4 is 22.8 Å². The van der Waals surface area contributed by atoms with E-state index in [-0.39, 0.29) is 28.9 Å². The highest BCUT2D eigenvalue weighted by molar-refractivity contribution is 5.99. The Morgan fingerprint density at radius 2 is 1.88 bits per heavy atom. The number of amides is 1. The number of nitrogens with zero attached hydrogens (tertiary/aromatic N) is 8. The van der Waals surface area contributed by atoms with Crippen molar-refractivity contribution in [3.05, 3.63) is 72.3 Å². The zero-order valence-corrected chi connectivity index (χ0v) is 28.2. The fourth-order valence-corrected chi connectivity index (χ4v) is 6.68. The molecular formula is C36H42FN9O3. The smallest absolute Gasteiger partial charge is 0.264 e. The minimum atomic E-state index is -0.536. The van der Waals surface area contributed by atoms with Crippen LogP contribution in [0.25, 0.3) is 22.3 Å². The molecule has 2 aliphatic heterocycles. The molecule has 0 saturated carbocycles. The summed E-state index contributed by atoms with van der Waals surface area (Å²) in [6, 6.07) is 15.6. The van der Waals surface area contributed by atoms with Crippen molar-refractivity contribution in [1.29, 1.82) is 5.26 Å². The summed E-state index contributed by atoms with van der Waals surface area (Å²) in [4.78, 5) is 28.9. The van der Waals surface area contributed by atoms with E-state index >= 15 is 4.39 Å². The number of ether oxygens (including phenoxy) is 2. The van der Waals surface area contributed by atoms with Gasteiger partial charge in [-0.3, -0.25) is 14.6 Å². The van der Waals surface area contributed by atoms with Gasteiger partial charge in [-0.25, -0.2) is 19.0 Å². The van der Waals surface area contributed by atoms with Crippen LogP contribution < -0.4 is 10.5 Å². The number of piperidine rings is 1. The van der Waals surface area contributed by atoms with Crippen LogP contribution in [0.1, 0.15) is 32.7 Å². The van der Waals surface area contributed by atoms with Gasteiger partial charge in [0.1, 0.15) is 46.8 Å². The lowest BCUT2D eigenvalue weighted by molar-refractivity contribution is -0.128. The molecule has 0 radical (unpaired) electrons. The Morgan fingerprint density at radius 1 is 1.10 bits per heavy atom. The molecule has 13 heteroatoms. The van der Waals surface area contributed by atoms with Gasteiger partial charge in [-0.15, -0.1) is 0 Å². The highest BCUT2D eigenvalue weighted by Crippen LogP contribution is 2.36. The predicted octanol–water partition coefficient (Wildman–Crippen LogP) is 4.66. The second kappa shape index (κ2) is 14.7. The molecule has 12 nitrogen and oxygen atoms in total. The number of nitrogens with two attached hydrogens (primary N) is 1. The number of aromatic nitrogens is 4. The highest BCUT2D eigenvalue weighted by Gasteiger charge is 2.33. The van der Waals surface area contributed by atoms with Crippen LogP contribution in [0.2, 0.25) is 0 Å². The third-order valence-electron chi connectivity index (χ3n) is 9.37. The monoisotopic (exact) mass is 667 g/mol. The van der Waals surface area contributed by atoms with E-state index in [9.17, 15) is 10.1 Å². The molecule has 1 amide bonds. The Bertz CT molecular complexity index is 1860. The van der Waals surface area contributed by atoms with Crippen molar-refractivity contribution in [3.8, 4) is 28.8 Å². The summed E-state index contributed by atoms with van der Waals surface area (Å²) in [6.45, 7) is 9.93. The number of fused-ring (bicyclic) bond motifs is 1. The third-order valence-corrected chi connectivity index (χ3v) is 9.37. The van der Waals surface area contributed by atoms with Crippen molar-refractivity contribution in [2.24, 2.45) is 0 Å². The molecule has 1 atom stereocenters. The first-order chi connectivity index (χ1) is 23.7. The summed E-state index contributed by atoms with van der Waals surface area (Å²) in [7, 11) is 1.71. The molecule has 4 aromatic rings. The molecule has 2 fully saturated rings. The number of likely N-dealkylation sites (tertiary alicyclic amines) is 1. The summed E-state index contributed by atoms with van der Waals surface area (Å²) >= 11 is 0. The van der Waals surface area contributed by atoms with Crippen LogP contribution in [0, 0.1) is 17.1 Å². The number of rotatable bonds is 10. The molecule has 2 aromatic carbocycles. The number of hydrogen-bond acceptors (Lipinski definition) is 10. The topological polar surface area (TPSA) is 139 Å². The predicted molar refractivity (Wildman–Crippen MR) is 184 cm³/mol. The zero-order valence-electron chi connectivity index (χ0n) is 28.2. The molecule has 4 heterocycles. The number of para-hydroxylation sites is 1. The summed E-state index contributed by atoms with van der Waals surface area (Å²) in [5.74, 6) is 0.260. The van der Waals surface area contributed by atoms with Gasteiger partial charge in [0.25, 0.3) is 5.91 Å². The van der Waals surface area contributed by atoms with Gasteiger partial charge in [0, 0.05) is 70.1 Å². The lowest BCUT2D eigenvalue weighted by Crippen LogP contribution is -2.54. The molecule has 0 bridgehead atoms. The Hall–Kier alpha value is -4.90. The number of hydrogen-bond donors (Lipinski definition) is 1. The highest BCUT2D eigenvalue weighted by atomic mass is 19.1. The van der Waals surface area contributed by atoms with Gasteiger partial charge in [0.05, 0.1) is 18.0 Å². The largest absolute Gasteiger partial charge is 0.457 e. The van der Waals surface area contributed by atoms with Crippen LogP contribution in [0.3, 0.4) is 0 Å². The van der Waals surface area contributed by atoms with Crippen LogP contribution in [0.15, 0.2) is 66.5 Å². The van der Waals surface area contributed by atoms with Crippen molar-refractivity contribution in [3.63, 3.8) is 0 Å². The molecule has 6 rings (SSSR count). The minimum Gasteiger partial charge on any atom is -0.457 e. The molecule has 0 unspecified atom stereocenters. The van der Waals surface area contributed by atoms with Gasteiger partial charge >= 0.3 is 0 Å². The minimum absolute atomic E-state index is 0.116. The van der Waals surface area contributed by atoms with Crippen LogP contribution >= 0.6 is 0 Å². The maximum Gasteiger partial charge on any atom is 0.264 e. The Kier molecular flexibility index (Phi) is 10.2. The molecule has 2 N–H and O–H groups in total. The standard InChI is InChI=1S/C36H42FN9O3/c1-36(2,45-16-14-43(15-17-45)18-19-48-3)21-25(22-38)35(47)44-13-7-8-26(23-44)46-34-31(33(39)40-24-41-34)32(42-46)29-12-11-28(20-30(29)37)49-27-9-5-4-6-10-27/h4-6,9-12,20-21,24,26H,7-8,13-19,23H2,1-3H3,(H2,39,40,41)/t26-/m0/s1. The van der Waals surface area contributed by atoms with Crippen LogP contribution in [0.4, 0.5) is 10.2 Å². The summed E-state index contributed by atoms with van der Waals surface area (Å²) in [5.41, 5.74) is 6.94. The quantitative estimate of drug-likeness (QED) is 0.188. The van der Waals surface area contributed by atoms with E-state index < -0.39 is 11.4 Å². The average molecular weight is 668 g/mol. The molecule has 2 saturated heterocycles. The van der Waals surface area contributed by atoms with Crippen LogP contribution in [0.5, 0.6) is 11.5 Å². The van der Waals surface area contributed by atoms with Crippen LogP contribution in [-0.4, -0.2) is 105 Å². The van der Waals surface area contributed by atoms with Crippen molar-refractivity contribution < 1.29 is 18.7 Å². The van der Waals surface area contributed by atoms with Gasteiger partial charge in [0.15, 0.2) is 5.65 Å². The number of nitriles is 1. The molecule has 49 heavy (non-hydrogen) atoms. The number of carbonyl (C=O) groups is 1. The number of methoxy groups -OCH3 is 1. The van der Waals surface area contributed by atoms with Gasteiger partial charge in [-0.2, -0.15) is 10.4 Å². The first kappa shape index (κ1) is 34.0. The maximum absolute atomic E-state index is 15.7. The molecule has 0 spiro atoms. The second-order valence-electron chi connectivity index (χ2n) is 13.0. The van der Waals surface area contributed by atoms with Gasteiger partial charge in [-0.1, -0.05) is 18.2 Å². The number of benzene rings is 2. The number of nitrogen functional groups attached to an aromatic ring is 1. The van der Waals surface area contributed by atoms with E-state index in [0.29, 0.717) is 60.8 Å². The fourth-order valence-electron chi connectivity index (χ4n) is 6.68. The lowest BCUT2D eigenvalue weighted by Gasteiger charge is -2.43. The van der Waals surface area contributed by atoms with E-state index in [4.69, 9.17) is 20.3 Å². The summed E-state index contributed by atoms with van der Waals surface area (Å²) < 4.78 is 28.4. The summed E-state index contributed by atoms with van der Waals surface area (Å²) in [6.07, 6.45) is 4.56. The Balaban J connectivity index is 1.22. The Morgan fingerprint density at radius 3 is 2.59 bits per heavy atom. The van der Waals surface area contributed by atoms with Crippen molar-refractivity contribution in [2.75, 3.05) is 65.3 Å². The average Bonchev–Trinajstić information content (AvgIpc) is 3.51. The first-order valence-corrected chi connectivity index (χ1v) is 16.6.